The van der Waals surface area contributed by atoms with Gasteiger partial charge in [-0.25, -0.2) is 9.78 Å². The number of aromatic nitrogens is 1. The Labute approximate surface area is 85.9 Å². The average Bonchev–Trinajstić information content (AvgIpc) is 2.52. The number of carbonyl (C=O) groups is 2. The number of carboxylic acids is 1. The minimum Gasteiger partial charge on any atom is -0.477 e. The molecule has 7 heteroatoms. The summed E-state index contributed by atoms with van der Waals surface area (Å²) < 4.78 is 0. The number of anilines is 1. The van der Waals surface area contributed by atoms with Gasteiger partial charge in [-0.05, 0) is 0 Å². The van der Waals surface area contributed by atoms with E-state index in [0.717, 1.165) is 11.3 Å². The first-order valence-corrected chi connectivity index (χ1v) is 5.12. The second-order valence-electron chi connectivity index (χ2n) is 2.02. The lowest BCUT2D eigenvalue weighted by molar-refractivity contribution is -0.113. The zero-order valence-electron chi connectivity index (χ0n) is 6.28. The highest BCUT2D eigenvalue weighted by molar-refractivity contribution is 9.09. The van der Waals surface area contributed by atoms with Crippen LogP contribution in [0.2, 0.25) is 0 Å². The molecule has 0 aliphatic carbocycles. The van der Waals surface area contributed by atoms with E-state index in [4.69, 9.17) is 5.11 Å². The van der Waals surface area contributed by atoms with Crippen LogP contribution in [0.4, 0.5) is 5.13 Å². The predicted octanol–water partition coefficient (Wildman–Crippen LogP) is 1.17. The Kier molecular flexibility index (Phi) is 3.38. The lowest BCUT2D eigenvalue weighted by Crippen LogP contribution is -2.11. The first kappa shape index (κ1) is 10.1. The normalized spacial score (nSPS) is 9.62. The summed E-state index contributed by atoms with van der Waals surface area (Å²) in [5, 5.41) is 11.4. The Balaban J connectivity index is 2.69. The molecule has 0 aliphatic heterocycles. The Morgan fingerprint density at radius 3 is 2.85 bits per heavy atom. The second kappa shape index (κ2) is 4.33. The van der Waals surface area contributed by atoms with Crippen LogP contribution < -0.4 is 5.32 Å². The van der Waals surface area contributed by atoms with Gasteiger partial charge in [0.25, 0.3) is 0 Å². The van der Waals surface area contributed by atoms with E-state index in [1.807, 2.05) is 0 Å². The van der Waals surface area contributed by atoms with Gasteiger partial charge in [-0.3, -0.25) is 4.79 Å². The summed E-state index contributed by atoms with van der Waals surface area (Å²) in [4.78, 5) is 25.1. The van der Waals surface area contributed by atoms with Crippen LogP contribution in [0.25, 0.3) is 0 Å². The number of alkyl halides is 1. The minimum atomic E-state index is -1.04. The Morgan fingerprint density at radius 1 is 1.69 bits per heavy atom. The number of hydrogen-bond donors (Lipinski definition) is 2. The van der Waals surface area contributed by atoms with Gasteiger partial charge in [0.05, 0.1) is 11.5 Å². The van der Waals surface area contributed by atoms with E-state index < -0.39 is 5.97 Å². The van der Waals surface area contributed by atoms with Gasteiger partial charge in [0, 0.05) is 0 Å². The molecule has 1 amide bonds. The molecular weight excluding hydrogens is 260 g/mol. The molecule has 13 heavy (non-hydrogen) atoms. The number of aromatic carboxylic acids is 1. The lowest BCUT2D eigenvalue weighted by Gasteiger charge is -1.94. The van der Waals surface area contributed by atoms with Crippen LogP contribution in [0, 0.1) is 0 Å². The number of carbonyl (C=O) groups excluding carboxylic acids is 1. The van der Waals surface area contributed by atoms with E-state index in [2.05, 4.69) is 26.2 Å². The van der Waals surface area contributed by atoms with Crippen LogP contribution in [-0.4, -0.2) is 27.3 Å². The van der Waals surface area contributed by atoms with Gasteiger partial charge in [0.2, 0.25) is 5.91 Å². The van der Waals surface area contributed by atoms with Gasteiger partial charge < -0.3 is 10.4 Å². The summed E-state index contributed by atoms with van der Waals surface area (Å²) in [5.41, 5.74) is 0. The van der Waals surface area contributed by atoms with E-state index in [0.29, 0.717) is 5.13 Å². The molecule has 1 heterocycles. The van der Waals surface area contributed by atoms with Crippen molar-refractivity contribution in [2.75, 3.05) is 10.6 Å². The van der Waals surface area contributed by atoms with Crippen molar-refractivity contribution in [1.29, 1.82) is 0 Å². The molecular formula is C6H5BrN2O3S. The first-order valence-electron chi connectivity index (χ1n) is 3.18. The zero-order valence-corrected chi connectivity index (χ0v) is 8.68. The van der Waals surface area contributed by atoms with Crippen LogP contribution in [0.15, 0.2) is 6.20 Å². The van der Waals surface area contributed by atoms with E-state index >= 15 is 0 Å². The van der Waals surface area contributed by atoms with E-state index in [9.17, 15) is 9.59 Å². The fourth-order valence-corrected chi connectivity index (χ4v) is 1.39. The summed E-state index contributed by atoms with van der Waals surface area (Å²) in [5.74, 6) is -1.30. The van der Waals surface area contributed by atoms with E-state index in [1.165, 1.54) is 6.20 Å². The molecule has 1 aromatic heterocycles. The number of amides is 1. The lowest BCUT2D eigenvalue weighted by atomic mass is 10.6. The molecule has 1 rings (SSSR count). The summed E-state index contributed by atoms with van der Waals surface area (Å²) in [6, 6.07) is 0. The Hall–Kier alpha value is -0.950. The fourth-order valence-electron chi connectivity index (χ4n) is 0.583. The van der Waals surface area contributed by atoms with Gasteiger partial charge in [0.15, 0.2) is 5.13 Å². The number of rotatable bonds is 3. The SMILES string of the molecule is O=C(CBr)Nc1ncc(C(=O)O)s1. The molecule has 0 aromatic carbocycles. The third-order valence-corrected chi connectivity index (χ3v) is 2.49. The maximum Gasteiger partial charge on any atom is 0.347 e. The van der Waals surface area contributed by atoms with Crippen LogP contribution in [-0.2, 0) is 4.79 Å². The number of thiazole rings is 1. The van der Waals surface area contributed by atoms with Crippen molar-refractivity contribution in [3.05, 3.63) is 11.1 Å². The van der Waals surface area contributed by atoms with Crippen molar-refractivity contribution >= 4 is 44.3 Å². The monoisotopic (exact) mass is 264 g/mol. The molecule has 2 N–H and O–H groups in total. The summed E-state index contributed by atoms with van der Waals surface area (Å²) in [7, 11) is 0. The summed E-state index contributed by atoms with van der Waals surface area (Å²) in [6.07, 6.45) is 1.21. The Bertz CT molecular complexity index is 338. The molecule has 0 unspecified atom stereocenters. The Morgan fingerprint density at radius 2 is 2.38 bits per heavy atom. The van der Waals surface area contributed by atoms with Crippen molar-refractivity contribution in [1.82, 2.24) is 4.98 Å². The van der Waals surface area contributed by atoms with Gasteiger partial charge >= 0.3 is 5.97 Å². The molecule has 70 valence electrons. The number of nitrogens with one attached hydrogen (secondary N) is 1. The van der Waals surface area contributed by atoms with Gasteiger partial charge in [0.1, 0.15) is 4.88 Å². The molecule has 0 atom stereocenters. The first-order chi connectivity index (χ1) is 6.13. The van der Waals surface area contributed by atoms with Crippen molar-refractivity contribution in [3.63, 3.8) is 0 Å². The molecule has 0 saturated heterocycles. The fraction of sp³-hybridized carbons (Fsp3) is 0.167. The van der Waals surface area contributed by atoms with E-state index in [1.54, 1.807) is 0 Å². The van der Waals surface area contributed by atoms with Crippen molar-refractivity contribution < 1.29 is 14.7 Å². The average molecular weight is 265 g/mol. The number of carboxylic acid groups (broad SMARTS) is 1. The maximum atomic E-state index is 10.8. The number of nitrogens with zero attached hydrogens (tertiary/aromatic N) is 1. The van der Waals surface area contributed by atoms with Crippen molar-refractivity contribution in [2.45, 2.75) is 0 Å². The molecule has 0 fully saturated rings. The van der Waals surface area contributed by atoms with Crippen LogP contribution in [0.1, 0.15) is 9.67 Å². The van der Waals surface area contributed by atoms with Crippen molar-refractivity contribution in [3.8, 4) is 0 Å². The standard InChI is InChI=1S/C6H5BrN2O3S/c7-1-4(10)9-6-8-2-3(13-6)5(11)12/h2H,1H2,(H,11,12)(H,8,9,10). The molecule has 0 saturated carbocycles. The van der Waals surface area contributed by atoms with Crippen LogP contribution >= 0.6 is 27.3 Å². The highest BCUT2D eigenvalue weighted by atomic mass is 79.9. The number of hydrogen-bond acceptors (Lipinski definition) is 4. The molecule has 5 nitrogen and oxygen atoms in total. The third-order valence-electron chi connectivity index (χ3n) is 1.08. The molecule has 0 spiro atoms. The molecule has 1 aromatic rings. The summed E-state index contributed by atoms with van der Waals surface area (Å²) in [6.45, 7) is 0. The second-order valence-corrected chi connectivity index (χ2v) is 3.61. The van der Waals surface area contributed by atoms with Gasteiger partial charge in [-0.15, -0.1) is 0 Å². The molecule has 0 aliphatic rings. The molecule has 0 bridgehead atoms. The van der Waals surface area contributed by atoms with Crippen LogP contribution in [0.5, 0.6) is 0 Å². The smallest absolute Gasteiger partial charge is 0.347 e. The highest BCUT2D eigenvalue weighted by Gasteiger charge is 2.09. The summed E-state index contributed by atoms with van der Waals surface area (Å²) >= 11 is 3.88. The quantitative estimate of drug-likeness (QED) is 0.804. The molecule has 0 radical (unpaired) electrons. The van der Waals surface area contributed by atoms with Gasteiger partial charge in [-0.2, -0.15) is 0 Å². The van der Waals surface area contributed by atoms with E-state index in [-0.39, 0.29) is 16.1 Å². The van der Waals surface area contributed by atoms with Gasteiger partial charge in [-0.1, -0.05) is 27.3 Å². The van der Waals surface area contributed by atoms with Crippen LogP contribution in [0.3, 0.4) is 0 Å². The zero-order chi connectivity index (χ0) is 9.84. The topological polar surface area (TPSA) is 79.3 Å². The third kappa shape index (κ3) is 2.78. The minimum absolute atomic E-state index is 0.102. The predicted molar refractivity (Wildman–Crippen MR) is 51.5 cm³/mol. The van der Waals surface area contributed by atoms with Crippen molar-refractivity contribution in [2.24, 2.45) is 0 Å². The largest absolute Gasteiger partial charge is 0.477 e. The highest BCUT2D eigenvalue weighted by Crippen LogP contribution is 2.17. The number of halogens is 1. The maximum absolute atomic E-state index is 10.8.